The van der Waals surface area contributed by atoms with Crippen molar-refractivity contribution < 1.29 is 9.59 Å². The molecule has 1 aliphatic carbocycles. The summed E-state index contributed by atoms with van der Waals surface area (Å²) < 4.78 is 1.48. The second-order valence-electron chi connectivity index (χ2n) is 5.49. The van der Waals surface area contributed by atoms with Crippen LogP contribution in [0.5, 0.6) is 0 Å². The topological polar surface area (TPSA) is 93.1 Å². The van der Waals surface area contributed by atoms with E-state index in [4.69, 9.17) is 0 Å². The number of hydrogen-bond donors (Lipinski definition) is 2. The average Bonchev–Trinajstić information content (AvgIpc) is 3.10. The minimum Gasteiger partial charge on any atom is -0.338 e. The number of carbonyl (C=O) groups is 2. The Morgan fingerprint density at radius 2 is 2.17 bits per heavy atom. The summed E-state index contributed by atoms with van der Waals surface area (Å²) in [6.45, 7) is 2.22. The quantitative estimate of drug-likeness (QED) is 0.631. The monoisotopic (exact) mass is 366 g/mol. The molecule has 0 fully saturated rings. The maximum Gasteiger partial charge on any atom is 0.321 e. The minimum absolute atomic E-state index is 0.0218. The lowest BCUT2D eigenvalue weighted by atomic mass is 10.2. The highest BCUT2D eigenvalue weighted by atomic mass is 32.2. The van der Waals surface area contributed by atoms with Gasteiger partial charge < -0.3 is 5.32 Å². The van der Waals surface area contributed by atoms with Gasteiger partial charge in [0.1, 0.15) is 4.83 Å². The number of amides is 3. The van der Waals surface area contributed by atoms with Crippen molar-refractivity contribution in [3.05, 3.63) is 20.8 Å². The Morgan fingerprint density at radius 3 is 2.92 bits per heavy atom. The van der Waals surface area contributed by atoms with E-state index >= 15 is 0 Å². The number of thioether (sulfide) groups is 1. The highest BCUT2D eigenvalue weighted by Crippen LogP contribution is 2.35. The first-order valence-electron chi connectivity index (χ1n) is 7.73. The molecule has 0 atom stereocenters. The van der Waals surface area contributed by atoms with E-state index in [1.807, 2.05) is 0 Å². The number of imide groups is 1. The molecule has 3 amide bonds. The summed E-state index contributed by atoms with van der Waals surface area (Å²) in [5.41, 5.74) is 1.08. The maximum atomic E-state index is 12.6. The molecule has 0 spiro atoms. The molecule has 7 nitrogen and oxygen atoms in total. The van der Waals surface area contributed by atoms with Crippen molar-refractivity contribution >= 4 is 45.3 Å². The normalized spacial score (nSPS) is 13.1. The van der Waals surface area contributed by atoms with Crippen molar-refractivity contribution in [2.45, 2.75) is 31.3 Å². The highest BCUT2D eigenvalue weighted by molar-refractivity contribution is 7.99. The molecule has 24 heavy (non-hydrogen) atoms. The van der Waals surface area contributed by atoms with Crippen LogP contribution in [0.2, 0.25) is 0 Å². The number of thiophene rings is 1. The van der Waals surface area contributed by atoms with Crippen molar-refractivity contribution in [3.63, 3.8) is 0 Å². The minimum atomic E-state index is -0.518. The van der Waals surface area contributed by atoms with Gasteiger partial charge in [-0.2, -0.15) is 0 Å². The van der Waals surface area contributed by atoms with Gasteiger partial charge in [0.2, 0.25) is 5.91 Å². The number of nitrogens with one attached hydrogen (secondary N) is 2. The lowest BCUT2D eigenvalue weighted by Gasteiger charge is -2.08. The van der Waals surface area contributed by atoms with Crippen LogP contribution in [0.25, 0.3) is 10.2 Å². The molecule has 0 unspecified atom stereocenters. The van der Waals surface area contributed by atoms with Crippen LogP contribution in [0.3, 0.4) is 0 Å². The third-order valence-electron chi connectivity index (χ3n) is 3.83. The fraction of sp³-hybridized carbons (Fsp3) is 0.467. The first-order valence-corrected chi connectivity index (χ1v) is 9.53. The van der Waals surface area contributed by atoms with Crippen LogP contribution in [0.1, 0.15) is 23.8 Å². The van der Waals surface area contributed by atoms with E-state index in [0.29, 0.717) is 11.7 Å². The molecule has 2 N–H and O–H groups in total. The highest BCUT2D eigenvalue weighted by Gasteiger charge is 2.22. The van der Waals surface area contributed by atoms with Crippen LogP contribution >= 0.6 is 23.1 Å². The van der Waals surface area contributed by atoms with Crippen molar-refractivity contribution in [2.24, 2.45) is 7.05 Å². The van der Waals surface area contributed by atoms with Gasteiger partial charge in [-0.25, -0.2) is 9.78 Å². The molecule has 2 heterocycles. The Morgan fingerprint density at radius 1 is 1.38 bits per heavy atom. The van der Waals surface area contributed by atoms with E-state index in [9.17, 15) is 14.4 Å². The van der Waals surface area contributed by atoms with Crippen molar-refractivity contribution in [3.8, 4) is 0 Å². The van der Waals surface area contributed by atoms with Gasteiger partial charge in [0.05, 0.1) is 11.1 Å². The van der Waals surface area contributed by atoms with Gasteiger partial charge in [-0.05, 0) is 31.7 Å². The van der Waals surface area contributed by atoms with Gasteiger partial charge in [-0.3, -0.25) is 19.5 Å². The lowest BCUT2D eigenvalue weighted by Crippen LogP contribution is -2.40. The summed E-state index contributed by atoms with van der Waals surface area (Å²) in [4.78, 5) is 42.3. The molecular weight excluding hydrogens is 348 g/mol. The second-order valence-corrected chi connectivity index (χ2v) is 7.52. The number of aromatic nitrogens is 2. The zero-order valence-corrected chi connectivity index (χ0v) is 15.1. The number of nitrogens with zero attached hydrogens (tertiary/aromatic N) is 2. The van der Waals surface area contributed by atoms with Crippen molar-refractivity contribution in [1.82, 2.24) is 20.2 Å². The molecule has 0 saturated carbocycles. The van der Waals surface area contributed by atoms with Crippen LogP contribution in [0.15, 0.2) is 9.95 Å². The second kappa shape index (κ2) is 6.94. The van der Waals surface area contributed by atoms with Gasteiger partial charge in [0, 0.05) is 18.5 Å². The molecule has 2 aromatic rings. The summed E-state index contributed by atoms with van der Waals surface area (Å²) in [5.74, 6) is -0.400. The van der Waals surface area contributed by atoms with Crippen molar-refractivity contribution in [1.29, 1.82) is 0 Å². The predicted molar refractivity (Wildman–Crippen MR) is 94.8 cm³/mol. The third-order valence-corrected chi connectivity index (χ3v) is 6.04. The van der Waals surface area contributed by atoms with Crippen molar-refractivity contribution in [2.75, 3.05) is 12.3 Å². The molecule has 0 saturated heterocycles. The molecule has 0 bridgehead atoms. The maximum absolute atomic E-state index is 12.6. The first kappa shape index (κ1) is 17.0. The van der Waals surface area contributed by atoms with E-state index < -0.39 is 11.9 Å². The summed E-state index contributed by atoms with van der Waals surface area (Å²) >= 11 is 2.72. The first-order chi connectivity index (χ1) is 11.5. The van der Waals surface area contributed by atoms with Gasteiger partial charge in [-0.1, -0.05) is 11.8 Å². The number of carbonyl (C=O) groups excluding carboxylic acids is 2. The molecule has 9 heteroatoms. The number of urea groups is 1. The summed E-state index contributed by atoms with van der Waals surface area (Å²) in [5, 5.41) is 5.94. The Bertz CT molecular complexity index is 872. The molecular formula is C15H18N4O3S2. The van der Waals surface area contributed by atoms with Gasteiger partial charge in [0.15, 0.2) is 5.16 Å². The standard InChI is InChI=1S/C15H18N4O3S2/c1-3-16-14(22)17-10(20)7-23-15-18-12-11(13(21)19(15)2)8-5-4-6-9(8)24-12/h3-7H2,1-2H3,(H2,16,17,20,22). The molecule has 1 aliphatic rings. The fourth-order valence-corrected chi connectivity index (χ4v) is 4.81. The smallest absolute Gasteiger partial charge is 0.321 e. The molecule has 0 radical (unpaired) electrons. The number of aryl methyl sites for hydroxylation is 2. The summed E-state index contributed by atoms with van der Waals surface area (Å²) in [7, 11) is 1.66. The Kier molecular flexibility index (Phi) is 4.91. The zero-order valence-electron chi connectivity index (χ0n) is 13.5. The van der Waals surface area contributed by atoms with Gasteiger partial charge >= 0.3 is 6.03 Å². The van der Waals surface area contributed by atoms with E-state index in [1.54, 1.807) is 25.3 Å². The molecule has 3 rings (SSSR count). The predicted octanol–water partition coefficient (Wildman–Crippen LogP) is 1.42. The SMILES string of the molecule is CCNC(=O)NC(=O)CSc1nc2sc3c(c2c(=O)n1C)CCC3. The Balaban J connectivity index is 1.78. The molecule has 2 aromatic heterocycles. The lowest BCUT2D eigenvalue weighted by molar-refractivity contribution is -0.117. The average molecular weight is 366 g/mol. The molecule has 0 aromatic carbocycles. The fourth-order valence-electron chi connectivity index (χ4n) is 2.73. The molecule has 128 valence electrons. The van der Waals surface area contributed by atoms with E-state index in [1.165, 1.54) is 9.44 Å². The number of fused-ring (bicyclic) bond motifs is 3. The summed E-state index contributed by atoms with van der Waals surface area (Å²) in [6.07, 6.45) is 3.04. The van der Waals surface area contributed by atoms with E-state index in [2.05, 4.69) is 15.6 Å². The van der Waals surface area contributed by atoms with Crippen LogP contribution in [-0.2, 0) is 24.7 Å². The van der Waals surface area contributed by atoms with Gasteiger partial charge in [-0.15, -0.1) is 11.3 Å². The zero-order chi connectivity index (χ0) is 17.3. The van der Waals surface area contributed by atoms with Gasteiger partial charge in [0.25, 0.3) is 5.56 Å². The largest absolute Gasteiger partial charge is 0.338 e. The Hall–Kier alpha value is -1.87. The number of rotatable bonds is 4. The molecule has 0 aliphatic heterocycles. The Labute approximate surface area is 146 Å². The van der Waals surface area contributed by atoms with E-state index in [0.717, 1.165) is 46.8 Å². The number of hydrogen-bond acceptors (Lipinski definition) is 6. The summed E-state index contributed by atoms with van der Waals surface area (Å²) in [6, 6.07) is -0.518. The third kappa shape index (κ3) is 3.18. The van der Waals surface area contributed by atoms with Crippen LogP contribution in [0.4, 0.5) is 4.79 Å². The van der Waals surface area contributed by atoms with Crippen LogP contribution in [0, 0.1) is 0 Å². The van der Waals surface area contributed by atoms with Crippen LogP contribution in [-0.4, -0.2) is 33.8 Å². The van der Waals surface area contributed by atoms with Crippen LogP contribution < -0.4 is 16.2 Å². The van der Waals surface area contributed by atoms with E-state index in [-0.39, 0.29) is 11.3 Å².